The number of amides is 2. The summed E-state index contributed by atoms with van der Waals surface area (Å²) in [4.78, 5) is 15.4. The molecular formula is C15H26N4O3. The maximum Gasteiger partial charge on any atom is 0.338 e. The molecule has 22 heavy (non-hydrogen) atoms. The first-order valence-electron chi connectivity index (χ1n) is 7.85. The summed E-state index contributed by atoms with van der Waals surface area (Å²) in [6.07, 6.45) is 2.62. The van der Waals surface area contributed by atoms with Crippen LogP contribution in [0, 0.1) is 11.8 Å². The number of hydrogen-bond acceptors (Lipinski definition) is 5. The van der Waals surface area contributed by atoms with E-state index in [0.29, 0.717) is 11.5 Å². The summed E-state index contributed by atoms with van der Waals surface area (Å²) < 4.78 is 5.95. The number of likely N-dealkylation sites (N-methyl/N-ethyl adjacent to an activating group) is 1. The van der Waals surface area contributed by atoms with Crippen LogP contribution in [0.15, 0.2) is 0 Å². The van der Waals surface area contributed by atoms with Crippen molar-refractivity contribution in [2.45, 2.75) is 31.5 Å². The Morgan fingerprint density at radius 2 is 2.09 bits per heavy atom. The number of carbonyl (C=O) groups excluding carboxylic acids is 1. The quantitative estimate of drug-likeness (QED) is 0.432. The first-order valence-corrected chi connectivity index (χ1v) is 7.85. The van der Waals surface area contributed by atoms with Crippen molar-refractivity contribution in [2.24, 2.45) is 5.73 Å². The van der Waals surface area contributed by atoms with Crippen molar-refractivity contribution >= 4 is 6.03 Å². The second-order valence-electron chi connectivity index (χ2n) is 5.96. The zero-order valence-electron chi connectivity index (χ0n) is 13.2. The van der Waals surface area contributed by atoms with Crippen LogP contribution in [0.4, 0.5) is 4.79 Å². The molecule has 3 N–H and O–H groups in total. The summed E-state index contributed by atoms with van der Waals surface area (Å²) in [6, 6.07) is -0.855. The number of carbonyl (C=O) groups is 1. The van der Waals surface area contributed by atoms with Gasteiger partial charge in [-0.2, -0.15) is 0 Å². The highest BCUT2D eigenvalue weighted by molar-refractivity contribution is 5.70. The Kier molecular flexibility index (Phi) is 6.46. The van der Waals surface area contributed by atoms with Gasteiger partial charge < -0.3 is 15.4 Å². The van der Waals surface area contributed by atoms with Crippen LogP contribution >= 0.6 is 0 Å². The second-order valence-corrected chi connectivity index (χ2v) is 5.96. The minimum atomic E-state index is -0.855. The third-order valence-corrected chi connectivity index (χ3v) is 4.13. The van der Waals surface area contributed by atoms with E-state index in [9.17, 15) is 4.79 Å². The lowest BCUT2D eigenvalue weighted by Gasteiger charge is -2.33. The molecule has 0 unspecified atom stereocenters. The molecule has 2 heterocycles. The maximum absolute atomic E-state index is 10.6. The van der Waals surface area contributed by atoms with Gasteiger partial charge in [-0.25, -0.2) is 9.86 Å². The molecule has 0 aliphatic carbocycles. The van der Waals surface area contributed by atoms with Gasteiger partial charge in [-0.15, -0.1) is 0 Å². The van der Waals surface area contributed by atoms with Gasteiger partial charge in [0, 0.05) is 39.1 Å². The normalized spacial score (nSPS) is 26.5. The topological polar surface area (TPSA) is 82.3 Å². The van der Waals surface area contributed by atoms with E-state index in [-0.39, 0.29) is 18.8 Å². The van der Waals surface area contributed by atoms with E-state index in [1.807, 2.05) is 0 Å². The number of hydroxylamine groups is 2. The zero-order chi connectivity index (χ0) is 15.9. The maximum atomic E-state index is 10.6. The van der Waals surface area contributed by atoms with Crippen molar-refractivity contribution in [3.8, 4) is 11.8 Å². The molecule has 2 aliphatic rings. The van der Waals surface area contributed by atoms with Crippen molar-refractivity contribution in [3.05, 3.63) is 0 Å². The molecular weight excluding hydrogens is 284 g/mol. The number of primary amides is 1. The van der Waals surface area contributed by atoms with Crippen LogP contribution in [0.25, 0.3) is 0 Å². The van der Waals surface area contributed by atoms with E-state index in [1.54, 1.807) is 0 Å². The third-order valence-electron chi connectivity index (χ3n) is 4.13. The molecule has 2 rings (SSSR count). The van der Waals surface area contributed by atoms with Crippen molar-refractivity contribution in [1.29, 1.82) is 0 Å². The average Bonchev–Trinajstić information content (AvgIpc) is 2.93. The lowest BCUT2D eigenvalue weighted by Crippen LogP contribution is -2.47. The first-order chi connectivity index (χ1) is 10.5. The fraction of sp³-hybridized carbons (Fsp3) is 0.800. The molecule has 0 radical (unpaired) electrons. The first kappa shape index (κ1) is 17.0. The molecule has 2 fully saturated rings. The molecule has 2 aliphatic heterocycles. The molecule has 0 aromatic heterocycles. The lowest BCUT2D eigenvalue weighted by molar-refractivity contribution is -0.0373. The van der Waals surface area contributed by atoms with E-state index < -0.39 is 6.03 Å². The third kappa shape index (κ3) is 5.46. The SMILES string of the molecule is CN1CCN(C[C@@H]2CC[C@@H](C#CCCN(O)C(N)=O)O2)CC1. The van der Waals surface area contributed by atoms with E-state index >= 15 is 0 Å². The van der Waals surface area contributed by atoms with Gasteiger partial charge in [0.15, 0.2) is 0 Å². The average molecular weight is 310 g/mol. The molecule has 7 heteroatoms. The van der Waals surface area contributed by atoms with Crippen LogP contribution < -0.4 is 5.73 Å². The van der Waals surface area contributed by atoms with Crippen LogP contribution in [0.2, 0.25) is 0 Å². The van der Waals surface area contributed by atoms with Gasteiger partial charge in [-0.05, 0) is 19.9 Å². The van der Waals surface area contributed by atoms with Crippen molar-refractivity contribution in [3.63, 3.8) is 0 Å². The summed E-state index contributed by atoms with van der Waals surface area (Å²) >= 11 is 0. The Balaban J connectivity index is 1.64. The Bertz CT molecular complexity index is 426. The summed E-state index contributed by atoms with van der Waals surface area (Å²) in [5.41, 5.74) is 4.91. The summed E-state index contributed by atoms with van der Waals surface area (Å²) in [5.74, 6) is 6.00. The van der Waals surface area contributed by atoms with E-state index in [4.69, 9.17) is 15.7 Å². The largest absolute Gasteiger partial charge is 0.361 e. The summed E-state index contributed by atoms with van der Waals surface area (Å²) in [6.45, 7) is 5.55. The van der Waals surface area contributed by atoms with E-state index in [0.717, 1.165) is 45.6 Å². The number of piperazine rings is 1. The zero-order valence-corrected chi connectivity index (χ0v) is 13.2. The smallest absolute Gasteiger partial charge is 0.338 e. The van der Waals surface area contributed by atoms with E-state index in [2.05, 4.69) is 28.7 Å². The Morgan fingerprint density at radius 1 is 1.36 bits per heavy atom. The number of hydrogen-bond donors (Lipinski definition) is 2. The molecule has 0 spiro atoms. The van der Waals surface area contributed by atoms with Crippen molar-refractivity contribution < 1.29 is 14.7 Å². The van der Waals surface area contributed by atoms with Crippen LogP contribution in [0.1, 0.15) is 19.3 Å². The Hall–Kier alpha value is -1.33. The van der Waals surface area contributed by atoms with Crippen LogP contribution in [-0.4, -0.2) is 84.6 Å². The van der Waals surface area contributed by atoms with Gasteiger partial charge in [0.1, 0.15) is 6.10 Å². The number of nitrogens with zero attached hydrogens (tertiary/aromatic N) is 3. The monoisotopic (exact) mass is 310 g/mol. The molecule has 0 aromatic carbocycles. The van der Waals surface area contributed by atoms with E-state index in [1.165, 1.54) is 0 Å². The number of ether oxygens (including phenoxy) is 1. The molecule has 2 atom stereocenters. The second kappa shape index (κ2) is 8.34. The lowest BCUT2D eigenvalue weighted by atomic mass is 10.2. The van der Waals surface area contributed by atoms with Gasteiger partial charge in [0.2, 0.25) is 0 Å². The number of nitrogens with two attached hydrogens (primary N) is 1. The van der Waals surface area contributed by atoms with Crippen LogP contribution in [0.5, 0.6) is 0 Å². The van der Waals surface area contributed by atoms with Gasteiger partial charge in [-0.3, -0.25) is 10.1 Å². The highest BCUT2D eigenvalue weighted by Gasteiger charge is 2.26. The predicted molar refractivity (Wildman–Crippen MR) is 82.3 cm³/mol. The highest BCUT2D eigenvalue weighted by atomic mass is 16.5. The molecule has 2 saturated heterocycles. The van der Waals surface area contributed by atoms with Gasteiger partial charge in [0.25, 0.3) is 0 Å². The summed E-state index contributed by atoms with van der Waals surface area (Å²) in [5, 5.41) is 9.58. The Morgan fingerprint density at radius 3 is 2.77 bits per heavy atom. The van der Waals surface area contributed by atoms with Crippen molar-refractivity contribution in [1.82, 2.24) is 14.9 Å². The standard InChI is InChI=1S/C15H26N4O3/c1-17-8-10-18(11-9-17)12-14-6-5-13(22-14)4-2-3-7-19(21)15(16)20/h13-14,21H,3,5-12H2,1H3,(H2,16,20)/t13-,14+/m1/s1. The molecule has 2 amide bonds. The van der Waals surface area contributed by atoms with Gasteiger partial charge >= 0.3 is 6.03 Å². The molecule has 0 bridgehead atoms. The van der Waals surface area contributed by atoms with Gasteiger partial charge in [0.05, 0.1) is 12.6 Å². The molecule has 7 nitrogen and oxygen atoms in total. The fourth-order valence-electron chi connectivity index (χ4n) is 2.72. The minimum Gasteiger partial charge on any atom is -0.361 e. The van der Waals surface area contributed by atoms with Gasteiger partial charge in [-0.1, -0.05) is 11.8 Å². The molecule has 0 aromatic rings. The molecule has 124 valence electrons. The Labute approximate surface area is 131 Å². The van der Waals surface area contributed by atoms with Crippen molar-refractivity contribution in [2.75, 3.05) is 46.3 Å². The fourth-order valence-corrected chi connectivity index (χ4v) is 2.72. The van der Waals surface area contributed by atoms with Crippen LogP contribution in [0.3, 0.4) is 0 Å². The van der Waals surface area contributed by atoms with Crippen LogP contribution in [-0.2, 0) is 4.74 Å². The summed E-state index contributed by atoms with van der Waals surface area (Å²) in [7, 11) is 2.15. The minimum absolute atomic E-state index is 0.0295. The predicted octanol–water partition coefficient (Wildman–Crippen LogP) is -0.0552. The molecule has 0 saturated carbocycles. The highest BCUT2D eigenvalue weighted by Crippen LogP contribution is 2.20. The number of rotatable bonds is 4. The number of urea groups is 1.